The number of nitrogens with zero attached hydrogens (tertiary/aromatic N) is 3. The number of aromatic nitrogens is 1. The number of phenolic OH excluding ortho intramolecular Hbond substituents is 1. The highest BCUT2D eigenvalue weighted by Gasteiger charge is 2.26. The lowest BCUT2D eigenvalue weighted by Crippen LogP contribution is -2.35. The molecular weight excluding hydrogens is 478 g/mol. The molecule has 2 aromatic carbocycles. The third-order valence-electron chi connectivity index (χ3n) is 5.65. The van der Waals surface area contributed by atoms with Crippen molar-refractivity contribution in [3.8, 4) is 17.5 Å². The second-order valence-electron chi connectivity index (χ2n) is 7.88. The maximum absolute atomic E-state index is 13.1. The maximum atomic E-state index is 13.1. The van der Waals surface area contributed by atoms with Crippen LogP contribution in [-0.4, -0.2) is 41.3 Å². The molecule has 0 amide bonds. The lowest BCUT2D eigenvalue weighted by molar-refractivity contribution is 0.103. The number of piperidine rings is 1. The summed E-state index contributed by atoms with van der Waals surface area (Å²) in [6.07, 6.45) is 3.76. The number of rotatable bonds is 5. The Labute approximate surface area is 201 Å². The highest BCUT2D eigenvalue weighted by atomic mass is 35.5. The van der Waals surface area contributed by atoms with Crippen LogP contribution in [0.15, 0.2) is 64.4 Å². The van der Waals surface area contributed by atoms with Gasteiger partial charge in [0, 0.05) is 35.6 Å². The summed E-state index contributed by atoms with van der Waals surface area (Å²) in [6, 6.07) is 12.7. The Hall–Kier alpha value is -3.45. The normalized spacial score (nSPS) is 14.5. The second kappa shape index (κ2) is 9.43. The molecule has 1 aromatic heterocycles. The molecule has 4 rings (SSSR count). The number of ketones is 1. The zero-order valence-corrected chi connectivity index (χ0v) is 19.5. The van der Waals surface area contributed by atoms with Gasteiger partial charge in [-0.2, -0.15) is 9.57 Å². The highest BCUT2D eigenvalue weighted by molar-refractivity contribution is 7.89. The largest absolute Gasteiger partial charge is 0.507 e. The van der Waals surface area contributed by atoms with Crippen molar-refractivity contribution in [3.05, 3.63) is 86.8 Å². The minimum atomic E-state index is -3.76. The first-order valence-corrected chi connectivity index (χ1v) is 12.3. The summed E-state index contributed by atoms with van der Waals surface area (Å²) in [5.41, 5.74) is -0.968. The van der Waals surface area contributed by atoms with Crippen LogP contribution in [0.25, 0.3) is 5.69 Å². The zero-order chi connectivity index (χ0) is 24.5. The number of aromatic hydroxyl groups is 1. The van der Waals surface area contributed by atoms with Crippen LogP contribution in [0.1, 0.15) is 40.7 Å². The summed E-state index contributed by atoms with van der Waals surface area (Å²) in [5, 5.41) is 19.8. The standard InChI is InChI=1S/C24H20ClN3O5S/c25-18-7-8-22(29)21(12-18)23(30)17-11-16(14-26)24(31)28(15-17)19-5-4-6-20(13-19)34(32,33)27-9-2-1-3-10-27/h4-8,11-13,15,29H,1-3,9-10H2. The van der Waals surface area contributed by atoms with Gasteiger partial charge in [-0.15, -0.1) is 0 Å². The molecule has 1 N–H and O–H groups in total. The molecule has 0 unspecified atom stereocenters. The Morgan fingerprint density at radius 2 is 1.79 bits per heavy atom. The smallest absolute Gasteiger partial charge is 0.273 e. The second-order valence-corrected chi connectivity index (χ2v) is 10.3. The van der Waals surface area contributed by atoms with Crippen LogP contribution in [0.2, 0.25) is 5.02 Å². The number of phenols is 1. The lowest BCUT2D eigenvalue weighted by Gasteiger charge is -2.26. The van der Waals surface area contributed by atoms with Crippen LogP contribution >= 0.6 is 11.6 Å². The van der Waals surface area contributed by atoms with E-state index in [1.54, 1.807) is 6.07 Å². The first-order chi connectivity index (χ1) is 16.2. The third-order valence-corrected chi connectivity index (χ3v) is 7.78. The molecule has 3 aromatic rings. The fraction of sp³-hybridized carbons (Fsp3) is 0.208. The van der Waals surface area contributed by atoms with E-state index in [0.717, 1.165) is 29.9 Å². The van der Waals surface area contributed by atoms with Crippen molar-refractivity contribution in [1.29, 1.82) is 5.26 Å². The van der Waals surface area contributed by atoms with E-state index < -0.39 is 21.4 Å². The number of benzene rings is 2. The summed E-state index contributed by atoms with van der Waals surface area (Å²) in [6.45, 7) is 0.858. The van der Waals surface area contributed by atoms with Crippen LogP contribution in [0, 0.1) is 11.3 Å². The van der Waals surface area contributed by atoms with Gasteiger partial charge in [-0.1, -0.05) is 24.1 Å². The van der Waals surface area contributed by atoms with Crippen molar-refractivity contribution >= 4 is 27.4 Å². The number of pyridine rings is 1. The Morgan fingerprint density at radius 3 is 2.50 bits per heavy atom. The first-order valence-electron chi connectivity index (χ1n) is 10.5. The number of hydrogen-bond donors (Lipinski definition) is 1. The average Bonchev–Trinajstić information content (AvgIpc) is 2.86. The summed E-state index contributed by atoms with van der Waals surface area (Å²) in [5.74, 6) is -0.956. The van der Waals surface area contributed by atoms with Crippen LogP contribution in [-0.2, 0) is 10.0 Å². The number of hydrogen-bond acceptors (Lipinski definition) is 6. The topological polar surface area (TPSA) is 120 Å². The van der Waals surface area contributed by atoms with Gasteiger partial charge in [-0.25, -0.2) is 8.42 Å². The van der Waals surface area contributed by atoms with Crippen molar-refractivity contribution < 1.29 is 18.3 Å². The quantitative estimate of drug-likeness (QED) is 0.539. The van der Waals surface area contributed by atoms with Crippen LogP contribution < -0.4 is 5.56 Å². The molecular formula is C24H20ClN3O5S. The van der Waals surface area contributed by atoms with Gasteiger partial charge >= 0.3 is 0 Å². The molecule has 10 heteroatoms. The van der Waals surface area contributed by atoms with E-state index in [9.17, 15) is 28.4 Å². The van der Waals surface area contributed by atoms with Crippen molar-refractivity contribution in [2.45, 2.75) is 24.2 Å². The maximum Gasteiger partial charge on any atom is 0.273 e. The molecule has 0 atom stereocenters. The number of carbonyl (C=O) groups is 1. The van der Waals surface area contributed by atoms with Gasteiger partial charge in [0.25, 0.3) is 5.56 Å². The van der Waals surface area contributed by atoms with Crippen molar-refractivity contribution in [1.82, 2.24) is 8.87 Å². The van der Waals surface area contributed by atoms with Gasteiger partial charge in [-0.3, -0.25) is 14.2 Å². The molecule has 1 aliphatic rings. The van der Waals surface area contributed by atoms with Crippen LogP contribution in [0.5, 0.6) is 5.75 Å². The van der Waals surface area contributed by atoms with E-state index in [0.29, 0.717) is 13.1 Å². The Morgan fingerprint density at radius 1 is 1.06 bits per heavy atom. The molecule has 1 aliphatic heterocycles. The van der Waals surface area contributed by atoms with Crippen molar-refractivity contribution in [2.75, 3.05) is 13.1 Å². The van der Waals surface area contributed by atoms with E-state index in [1.807, 2.05) is 0 Å². The lowest BCUT2D eigenvalue weighted by atomic mass is 10.0. The van der Waals surface area contributed by atoms with E-state index in [2.05, 4.69) is 0 Å². The van der Waals surface area contributed by atoms with E-state index >= 15 is 0 Å². The van der Waals surface area contributed by atoms with Gasteiger partial charge in [0.15, 0.2) is 5.78 Å². The molecule has 0 radical (unpaired) electrons. The monoisotopic (exact) mass is 497 g/mol. The SMILES string of the molecule is N#Cc1cc(C(=O)c2cc(Cl)ccc2O)cn(-c2cccc(S(=O)(=O)N3CCCCC3)c2)c1=O. The Balaban J connectivity index is 1.82. The van der Waals surface area contributed by atoms with E-state index in [4.69, 9.17) is 11.6 Å². The summed E-state index contributed by atoms with van der Waals surface area (Å²) in [7, 11) is -3.76. The van der Waals surface area contributed by atoms with Crippen LogP contribution in [0.4, 0.5) is 0 Å². The molecule has 0 saturated carbocycles. The highest BCUT2D eigenvalue weighted by Crippen LogP contribution is 2.26. The van der Waals surface area contributed by atoms with Crippen molar-refractivity contribution in [3.63, 3.8) is 0 Å². The molecule has 1 fully saturated rings. The first kappa shape index (κ1) is 23.7. The number of carbonyl (C=O) groups excluding carboxylic acids is 1. The zero-order valence-electron chi connectivity index (χ0n) is 17.9. The van der Waals surface area contributed by atoms with Crippen molar-refractivity contribution in [2.24, 2.45) is 0 Å². The van der Waals surface area contributed by atoms with Gasteiger partial charge in [-0.05, 0) is 55.3 Å². The van der Waals surface area contributed by atoms with Gasteiger partial charge in [0.05, 0.1) is 10.5 Å². The summed E-state index contributed by atoms with van der Waals surface area (Å²) >= 11 is 5.95. The van der Waals surface area contributed by atoms with Gasteiger partial charge < -0.3 is 5.11 Å². The molecule has 34 heavy (non-hydrogen) atoms. The number of halogens is 1. The molecule has 2 heterocycles. The number of nitriles is 1. The van der Waals surface area contributed by atoms with Gasteiger partial charge in [0.1, 0.15) is 17.4 Å². The summed E-state index contributed by atoms with van der Waals surface area (Å²) < 4.78 is 28.7. The third kappa shape index (κ3) is 4.48. The average molecular weight is 498 g/mol. The molecule has 0 bridgehead atoms. The molecule has 8 nitrogen and oxygen atoms in total. The predicted octanol–water partition coefficient (Wildman–Crippen LogP) is 3.47. The minimum absolute atomic E-state index is 0.0153. The summed E-state index contributed by atoms with van der Waals surface area (Å²) in [4.78, 5) is 26.0. The van der Waals surface area contributed by atoms with Crippen LogP contribution in [0.3, 0.4) is 0 Å². The fourth-order valence-corrected chi connectivity index (χ4v) is 5.60. The van der Waals surface area contributed by atoms with E-state index in [1.165, 1.54) is 53.0 Å². The van der Waals surface area contributed by atoms with E-state index in [-0.39, 0.29) is 38.0 Å². The predicted molar refractivity (Wildman–Crippen MR) is 126 cm³/mol. The Kier molecular flexibility index (Phi) is 6.57. The molecule has 0 spiro atoms. The number of sulfonamides is 1. The molecule has 1 saturated heterocycles. The van der Waals surface area contributed by atoms with Gasteiger partial charge in [0.2, 0.25) is 10.0 Å². The molecule has 0 aliphatic carbocycles. The molecule has 174 valence electrons. The minimum Gasteiger partial charge on any atom is -0.507 e. The fourth-order valence-electron chi connectivity index (χ4n) is 3.87. The Bertz CT molecular complexity index is 1490.